The Bertz CT molecular complexity index is 305. The Morgan fingerprint density at radius 3 is 1.71 bits per heavy atom. The Labute approximate surface area is 80.0 Å². The molecule has 0 saturated carbocycles. The van der Waals surface area contributed by atoms with Gasteiger partial charge in [0.25, 0.3) is 0 Å². The SMILES string of the molecule is CC(=O)C(=O)/C(CO)=C(/CO)C(N)=O. The zero-order valence-electron chi connectivity index (χ0n) is 7.61. The summed E-state index contributed by atoms with van der Waals surface area (Å²) < 4.78 is 0. The molecule has 14 heavy (non-hydrogen) atoms. The van der Waals surface area contributed by atoms with E-state index in [-0.39, 0.29) is 0 Å². The van der Waals surface area contributed by atoms with Crippen LogP contribution in [0.1, 0.15) is 6.92 Å². The van der Waals surface area contributed by atoms with Crippen LogP contribution in [0.2, 0.25) is 0 Å². The molecule has 0 aromatic rings. The van der Waals surface area contributed by atoms with Gasteiger partial charge in [0, 0.05) is 12.5 Å². The van der Waals surface area contributed by atoms with Crippen LogP contribution in [0.5, 0.6) is 0 Å². The first kappa shape index (κ1) is 12.5. The molecule has 4 N–H and O–H groups in total. The quantitative estimate of drug-likeness (QED) is 0.348. The van der Waals surface area contributed by atoms with Crippen LogP contribution in [0.15, 0.2) is 11.1 Å². The van der Waals surface area contributed by atoms with E-state index in [0.717, 1.165) is 6.92 Å². The third kappa shape index (κ3) is 2.75. The van der Waals surface area contributed by atoms with E-state index in [9.17, 15) is 14.4 Å². The average Bonchev–Trinajstić information content (AvgIpc) is 2.11. The van der Waals surface area contributed by atoms with Gasteiger partial charge in [-0.2, -0.15) is 0 Å². The fourth-order valence-corrected chi connectivity index (χ4v) is 0.839. The highest BCUT2D eigenvalue weighted by Gasteiger charge is 2.20. The molecular weight excluding hydrogens is 190 g/mol. The lowest BCUT2D eigenvalue weighted by molar-refractivity contribution is -0.133. The van der Waals surface area contributed by atoms with Crippen LogP contribution in [0.3, 0.4) is 0 Å². The number of nitrogens with two attached hydrogens (primary N) is 1. The predicted octanol–water partition coefficient (Wildman–Crippen LogP) is -2.09. The number of amides is 1. The summed E-state index contributed by atoms with van der Waals surface area (Å²) in [6, 6.07) is 0. The van der Waals surface area contributed by atoms with Crippen molar-refractivity contribution in [2.24, 2.45) is 5.73 Å². The first-order valence-electron chi connectivity index (χ1n) is 3.74. The first-order chi connectivity index (χ1) is 6.45. The van der Waals surface area contributed by atoms with Gasteiger partial charge in [0.1, 0.15) is 0 Å². The van der Waals surface area contributed by atoms with Gasteiger partial charge < -0.3 is 15.9 Å². The van der Waals surface area contributed by atoms with Crippen LogP contribution in [0.25, 0.3) is 0 Å². The van der Waals surface area contributed by atoms with E-state index >= 15 is 0 Å². The zero-order valence-corrected chi connectivity index (χ0v) is 7.61. The molecule has 0 spiro atoms. The molecule has 6 nitrogen and oxygen atoms in total. The highest BCUT2D eigenvalue weighted by Crippen LogP contribution is 2.05. The van der Waals surface area contributed by atoms with Gasteiger partial charge in [-0.05, 0) is 0 Å². The van der Waals surface area contributed by atoms with Crippen LogP contribution in [0, 0.1) is 0 Å². The van der Waals surface area contributed by atoms with Gasteiger partial charge >= 0.3 is 0 Å². The van der Waals surface area contributed by atoms with Gasteiger partial charge in [-0.1, -0.05) is 0 Å². The number of hydrogen-bond acceptors (Lipinski definition) is 5. The lowest BCUT2D eigenvalue weighted by Crippen LogP contribution is -2.25. The molecule has 0 bridgehead atoms. The molecule has 78 valence electrons. The highest BCUT2D eigenvalue weighted by atomic mass is 16.3. The Kier molecular flexibility index (Phi) is 4.68. The molecule has 0 unspecified atom stereocenters. The van der Waals surface area contributed by atoms with E-state index in [0.29, 0.717) is 0 Å². The zero-order chi connectivity index (χ0) is 11.3. The minimum atomic E-state index is -1.04. The van der Waals surface area contributed by atoms with E-state index in [1.54, 1.807) is 0 Å². The Morgan fingerprint density at radius 1 is 1.07 bits per heavy atom. The molecule has 0 atom stereocenters. The maximum Gasteiger partial charge on any atom is 0.247 e. The first-order valence-corrected chi connectivity index (χ1v) is 3.74. The summed E-state index contributed by atoms with van der Waals surface area (Å²) in [5.41, 5.74) is 3.94. The average molecular weight is 201 g/mol. The minimum Gasteiger partial charge on any atom is -0.392 e. The van der Waals surface area contributed by atoms with Crippen LogP contribution < -0.4 is 5.73 Å². The second-order valence-corrected chi connectivity index (χ2v) is 2.52. The molecule has 0 aliphatic heterocycles. The summed E-state index contributed by atoms with van der Waals surface area (Å²) in [7, 11) is 0. The number of hydrogen-bond donors (Lipinski definition) is 3. The van der Waals surface area contributed by atoms with Crippen molar-refractivity contribution in [3.63, 3.8) is 0 Å². The number of Topliss-reactive ketones (excluding diaryl/α,β-unsaturated/α-hetero) is 2. The second kappa shape index (κ2) is 5.25. The third-order valence-electron chi connectivity index (χ3n) is 1.57. The Hall–Kier alpha value is -1.53. The summed E-state index contributed by atoms with van der Waals surface area (Å²) in [4.78, 5) is 32.4. The van der Waals surface area contributed by atoms with Crippen molar-refractivity contribution in [3.8, 4) is 0 Å². The normalized spacial score (nSPS) is 11.9. The number of rotatable bonds is 5. The van der Waals surface area contributed by atoms with Gasteiger partial charge in [0.05, 0.1) is 18.8 Å². The van der Waals surface area contributed by atoms with E-state index in [4.69, 9.17) is 15.9 Å². The smallest absolute Gasteiger partial charge is 0.247 e. The minimum absolute atomic E-state index is 0.437. The molecule has 6 heteroatoms. The van der Waals surface area contributed by atoms with Gasteiger partial charge in [0.2, 0.25) is 11.7 Å². The molecule has 0 fully saturated rings. The summed E-state index contributed by atoms with van der Waals surface area (Å²) in [6.45, 7) is -0.602. The number of carbonyl (C=O) groups excluding carboxylic acids is 3. The molecule has 0 aliphatic rings. The number of ketones is 2. The topological polar surface area (TPSA) is 118 Å². The Balaban J connectivity index is 5.29. The van der Waals surface area contributed by atoms with E-state index in [2.05, 4.69) is 0 Å². The molecule has 0 saturated heterocycles. The van der Waals surface area contributed by atoms with Crippen molar-refractivity contribution < 1.29 is 24.6 Å². The molecule has 0 aromatic heterocycles. The number of aliphatic hydroxyl groups is 2. The lowest BCUT2D eigenvalue weighted by atomic mass is 10.0. The van der Waals surface area contributed by atoms with Crippen molar-refractivity contribution in [2.45, 2.75) is 6.92 Å². The van der Waals surface area contributed by atoms with E-state index in [1.807, 2.05) is 0 Å². The van der Waals surface area contributed by atoms with Crippen LogP contribution in [-0.4, -0.2) is 40.9 Å². The predicted molar refractivity (Wildman–Crippen MR) is 46.1 cm³/mol. The summed E-state index contributed by atoms with van der Waals surface area (Å²) in [5, 5.41) is 17.4. The van der Waals surface area contributed by atoms with Crippen molar-refractivity contribution in [1.82, 2.24) is 0 Å². The van der Waals surface area contributed by atoms with Gasteiger partial charge in [-0.15, -0.1) is 0 Å². The monoisotopic (exact) mass is 201 g/mol. The molecule has 0 aromatic carbocycles. The summed E-state index contributed by atoms with van der Waals surface area (Å²) in [6.07, 6.45) is 0. The molecule has 1 amide bonds. The molecule has 0 heterocycles. The van der Waals surface area contributed by atoms with E-state index in [1.165, 1.54) is 0 Å². The van der Waals surface area contributed by atoms with Crippen LogP contribution in [0.4, 0.5) is 0 Å². The molecule has 0 rings (SSSR count). The Morgan fingerprint density at radius 2 is 1.50 bits per heavy atom. The molecule has 0 radical (unpaired) electrons. The number of carbonyl (C=O) groups is 3. The fraction of sp³-hybridized carbons (Fsp3) is 0.375. The summed E-state index contributed by atoms with van der Waals surface area (Å²) >= 11 is 0. The van der Waals surface area contributed by atoms with Gasteiger partial charge in [-0.3, -0.25) is 14.4 Å². The number of primary amides is 1. The highest BCUT2D eigenvalue weighted by molar-refractivity contribution is 6.43. The van der Waals surface area contributed by atoms with Crippen molar-refractivity contribution in [3.05, 3.63) is 11.1 Å². The summed E-state index contributed by atoms with van der Waals surface area (Å²) in [5.74, 6) is -2.89. The van der Waals surface area contributed by atoms with Crippen molar-refractivity contribution >= 4 is 17.5 Å². The maximum atomic E-state index is 11.1. The van der Waals surface area contributed by atoms with Gasteiger partial charge in [0.15, 0.2) is 5.78 Å². The van der Waals surface area contributed by atoms with Crippen molar-refractivity contribution in [1.29, 1.82) is 0 Å². The van der Waals surface area contributed by atoms with Crippen LogP contribution in [-0.2, 0) is 14.4 Å². The second-order valence-electron chi connectivity index (χ2n) is 2.52. The molecular formula is C8H11NO5. The van der Waals surface area contributed by atoms with E-state index < -0.39 is 41.8 Å². The number of aliphatic hydroxyl groups excluding tert-OH is 2. The third-order valence-corrected chi connectivity index (χ3v) is 1.57. The largest absolute Gasteiger partial charge is 0.392 e. The van der Waals surface area contributed by atoms with Gasteiger partial charge in [-0.25, -0.2) is 0 Å². The fourth-order valence-electron chi connectivity index (χ4n) is 0.839. The standard InChI is InChI=1S/C8H11NO5/c1-4(12)7(13)5(2-10)6(3-11)8(9)14/h10-11H,2-3H2,1H3,(H2,9,14)/b6-5-. The maximum absolute atomic E-state index is 11.1. The van der Waals surface area contributed by atoms with Crippen molar-refractivity contribution in [2.75, 3.05) is 13.2 Å². The van der Waals surface area contributed by atoms with Crippen LogP contribution >= 0.6 is 0 Å². The lowest BCUT2D eigenvalue weighted by Gasteiger charge is -2.05. The molecule has 0 aliphatic carbocycles.